The van der Waals surface area contributed by atoms with E-state index < -0.39 is 17.2 Å². The number of carbonyl (C=O) groups is 2. The summed E-state index contributed by atoms with van der Waals surface area (Å²) in [6.07, 6.45) is 0. The van der Waals surface area contributed by atoms with Gasteiger partial charge in [0, 0.05) is 36.6 Å². The second kappa shape index (κ2) is 11.5. The van der Waals surface area contributed by atoms with E-state index in [0.717, 1.165) is 30.0 Å². The molecule has 1 heterocycles. The first-order chi connectivity index (χ1) is 16.0. The molecule has 9 heteroatoms. The maximum atomic E-state index is 12.5. The Morgan fingerprint density at radius 1 is 1.00 bits per heavy atom. The average Bonchev–Trinajstić information content (AvgIpc) is 3.24. The van der Waals surface area contributed by atoms with E-state index in [1.165, 1.54) is 11.8 Å². The Balaban J connectivity index is 1.92. The lowest BCUT2D eigenvalue weighted by Crippen LogP contribution is -2.42. The summed E-state index contributed by atoms with van der Waals surface area (Å²) in [5, 5.41) is 13.8. The third-order valence-electron chi connectivity index (χ3n) is 5.13. The number of thioether (sulfide) groups is 1. The number of anilines is 1. The van der Waals surface area contributed by atoms with Crippen molar-refractivity contribution in [3.63, 3.8) is 0 Å². The SMILES string of the molecule is CCNC(=O)NC(=O)C(C)Sc1nnc(-c2ccc(N(CC)CC)cc2)n1-c1ccccc1. The second-order valence-electron chi connectivity index (χ2n) is 7.31. The topological polar surface area (TPSA) is 92.2 Å². The Bertz CT molecular complexity index is 1060. The number of aromatic nitrogens is 3. The number of amides is 3. The number of carbonyl (C=O) groups excluding carboxylic acids is 2. The summed E-state index contributed by atoms with van der Waals surface area (Å²) in [5.74, 6) is 0.296. The second-order valence-corrected chi connectivity index (χ2v) is 8.61. The van der Waals surface area contributed by atoms with Crippen LogP contribution in [0.1, 0.15) is 27.7 Å². The summed E-state index contributed by atoms with van der Waals surface area (Å²) in [7, 11) is 0. The molecular weight excluding hydrogens is 436 g/mol. The molecule has 0 fully saturated rings. The van der Waals surface area contributed by atoms with Crippen LogP contribution >= 0.6 is 11.8 Å². The molecule has 3 aromatic rings. The third-order valence-corrected chi connectivity index (χ3v) is 6.17. The number of nitrogens with zero attached hydrogens (tertiary/aromatic N) is 4. The number of hydrogen-bond donors (Lipinski definition) is 2. The molecule has 1 unspecified atom stereocenters. The van der Waals surface area contributed by atoms with E-state index in [1.807, 2.05) is 47.0 Å². The zero-order valence-electron chi connectivity index (χ0n) is 19.4. The molecule has 0 radical (unpaired) electrons. The molecule has 3 rings (SSSR count). The first kappa shape index (κ1) is 24.3. The van der Waals surface area contributed by atoms with Crippen molar-refractivity contribution < 1.29 is 9.59 Å². The zero-order valence-corrected chi connectivity index (χ0v) is 20.2. The van der Waals surface area contributed by atoms with Gasteiger partial charge in [0.1, 0.15) is 0 Å². The van der Waals surface area contributed by atoms with Gasteiger partial charge in [-0.2, -0.15) is 0 Å². The molecule has 33 heavy (non-hydrogen) atoms. The van der Waals surface area contributed by atoms with E-state index in [0.29, 0.717) is 17.5 Å². The minimum absolute atomic E-state index is 0.390. The van der Waals surface area contributed by atoms with Crippen LogP contribution in [0.25, 0.3) is 17.1 Å². The van der Waals surface area contributed by atoms with Crippen molar-refractivity contribution in [1.29, 1.82) is 0 Å². The standard InChI is InChI=1S/C24H30N6O2S/c1-5-25-23(32)26-22(31)17(4)33-24-28-27-21(30(24)20-11-9-8-10-12-20)18-13-15-19(16-14-18)29(6-2)7-3/h8-17H,5-7H2,1-4H3,(H2,25,26,31,32). The van der Waals surface area contributed by atoms with Crippen LogP contribution in [-0.2, 0) is 4.79 Å². The normalized spacial score (nSPS) is 11.6. The Hall–Kier alpha value is -3.33. The van der Waals surface area contributed by atoms with E-state index in [9.17, 15) is 9.59 Å². The van der Waals surface area contributed by atoms with Crippen LogP contribution < -0.4 is 15.5 Å². The number of rotatable bonds is 9. The van der Waals surface area contributed by atoms with Gasteiger partial charge in [-0.25, -0.2) is 4.79 Å². The van der Waals surface area contributed by atoms with Crippen molar-refractivity contribution in [1.82, 2.24) is 25.4 Å². The smallest absolute Gasteiger partial charge is 0.321 e. The number of imide groups is 1. The number of benzene rings is 2. The van der Waals surface area contributed by atoms with Gasteiger partial charge >= 0.3 is 6.03 Å². The summed E-state index contributed by atoms with van der Waals surface area (Å²) >= 11 is 1.25. The van der Waals surface area contributed by atoms with Gasteiger partial charge in [-0.1, -0.05) is 30.0 Å². The minimum atomic E-state index is -0.544. The summed E-state index contributed by atoms with van der Waals surface area (Å²) in [4.78, 5) is 26.5. The van der Waals surface area contributed by atoms with E-state index >= 15 is 0 Å². The Morgan fingerprint density at radius 2 is 1.67 bits per heavy atom. The van der Waals surface area contributed by atoms with Gasteiger partial charge < -0.3 is 10.2 Å². The van der Waals surface area contributed by atoms with Crippen molar-refractivity contribution in [2.75, 3.05) is 24.5 Å². The Labute approximate surface area is 198 Å². The van der Waals surface area contributed by atoms with Crippen LogP contribution in [0.5, 0.6) is 0 Å². The molecule has 1 aromatic heterocycles. The largest absolute Gasteiger partial charge is 0.372 e. The zero-order chi connectivity index (χ0) is 23.8. The highest BCUT2D eigenvalue weighted by molar-refractivity contribution is 8.00. The van der Waals surface area contributed by atoms with Crippen molar-refractivity contribution in [3.05, 3.63) is 54.6 Å². The fraction of sp³-hybridized carbons (Fsp3) is 0.333. The average molecular weight is 467 g/mol. The van der Waals surface area contributed by atoms with Crippen LogP contribution in [0.4, 0.5) is 10.5 Å². The van der Waals surface area contributed by atoms with Crippen molar-refractivity contribution in [2.24, 2.45) is 0 Å². The van der Waals surface area contributed by atoms with Crippen LogP contribution in [0.2, 0.25) is 0 Å². The molecule has 8 nitrogen and oxygen atoms in total. The quantitative estimate of drug-likeness (QED) is 0.461. The molecule has 3 amide bonds. The van der Waals surface area contributed by atoms with Crippen LogP contribution in [0, 0.1) is 0 Å². The summed E-state index contributed by atoms with van der Waals surface area (Å²) in [6, 6.07) is 17.5. The lowest BCUT2D eigenvalue weighted by atomic mass is 10.1. The van der Waals surface area contributed by atoms with Crippen molar-refractivity contribution >= 4 is 29.4 Å². The van der Waals surface area contributed by atoms with Gasteiger partial charge in [0.2, 0.25) is 5.91 Å². The van der Waals surface area contributed by atoms with Gasteiger partial charge in [-0.3, -0.25) is 14.7 Å². The molecule has 174 valence electrons. The van der Waals surface area contributed by atoms with Crippen LogP contribution in [0.3, 0.4) is 0 Å². The number of nitrogens with one attached hydrogen (secondary N) is 2. The molecule has 0 saturated carbocycles. The lowest BCUT2D eigenvalue weighted by Gasteiger charge is -2.21. The summed E-state index contributed by atoms with van der Waals surface area (Å²) < 4.78 is 1.94. The molecular formula is C24H30N6O2S. The number of urea groups is 1. The summed E-state index contributed by atoms with van der Waals surface area (Å²) in [5.41, 5.74) is 2.97. The maximum Gasteiger partial charge on any atom is 0.321 e. The minimum Gasteiger partial charge on any atom is -0.372 e. The highest BCUT2D eigenvalue weighted by atomic mass is 32.2. The van der Waals surface area contributed by atoms with Gasteiger partial charge in [-0.05, 0) is 64.1 Å². The van der Waals surface area contributed by atoms with Crippen LogP contribution in [0.15, 0.2) is 59.8 Å². The third kappa shape index (κ3) is 5.92. The van der Waals surface area contributed by atoms with Crippen LogP contribution in [-0.4, -0.2) is 51.6 Å². The highest BCUT2D eigenvalue weighted by Crippen LogP contribution is 2.31. The fourth-order valence-corrected chi connectivity index (χ4v) is 4.25. The van der Waals surface area contributed by atoms with Gasteiger partial charge in [-0.15, -0.1) is 10.2 Å². The maximum absolute atomic E-state index is 12.5. The molecule has 0 saturated heterocycles. The molecule has 2 N–H and O–H groups in total. The predicted octanol–water partition coefficient (Wildman–Crippen LogP) is 4.11. The molecule has 0 aliphatic carbocycles. The Morgan fingerprint density at radius 3 is 2.27 bits per heavy atom. The molecule has 0 bridgehead atoms. The number of para-hydroxylation sites is 1. The van der Waals surface area contributed by atoms with Gasteiger partial charge in [0.25, 0.3) is 0 Å². The summed E-state index contributed by atoms with van der Waals surface area (Å²) in [6.45, 7) is 10.1. The molecule has 0 aliphatic heterocycles. The molecule has 1 atom stereocenters. The highest BCUT2D eigenvalue weighted by Gasteiger charge is 2.23. The van der Waals surface area contributed by atoms with E-state index in [-0.39, 0.29) is 0 Å². The van der Waals surface area contributed by atoms with E-state index in [1.54, 1.807) is 13.8 Å². The van der Waals surface area contributed by atoms with Crippen molar-refractivity contribution in [3.8, 4) is 17.1 Å². The fourth-order valence-electron chi connectivity index (χ4n) is 3.38. The van der Waals surface area contributed by atoms with Crippen molar-refractivity contribution in [2.45, 2.75) is 38.1 Å². The molecule has 0 aliphatic rings. The predicted molar refractivity (Wildman–Crippen MR) is 133 cm³/mol. The van der Waals surface area contributed by atoms with Gasteiger partial charge in [0.05, 0.1) is 5.25 Å². The van der Waals surface area contributed by atoms with E-state index in [2.05, 4.69) is 51.7 Å². The molecule has 2 aromatic carbocycles. The first-order valence-corrected chi connectivity index (χ1v) is 12.0. The number of hydrogen-bond acceptors (Lipinski definition) is 6. The molecule has 0 spiro atoms. The van der Waals surface area contributed by atoms with E-state index in [4.69, 9.17) is 0 Å². The first-order valence-electron chi connectivity index (χ1n) is 11.1. The monoisotopic (exact) mass is 466 g/mol. The Kier molecular flexibility index (Phi) is 8.48. The lowest BCUT2D eigenvalue weighted by molar-refractivity contribution is -0.119. The van der Waals surface area contributed by atoms with Gasteiger partial charge in [0.15, 0.2) is 11.0 Å².